The van der Waals surface area contributed by atoms with Gasteiger partial charge in [-0.1, -0.05) is 35.2 Å². The average molecular weight is 269 g/mol. The summed E-state index contributed by atoms with van der Waals surface area (Å²) in [4.78, 5) is 21.5. The van der Waals surface area contributed by atoms with E-state index in [0.717, 1.165) is 11.8 Å². The standard InChI is InChI=1S/C12H9ClO3S/c1-8(14)17-6-2-3-9-4-5-11(13)10(7-9)12(15)16/h4-5,7H,6H2,1H3,(H,15,16). The van der Waals surface area contributed by atoms with Crippen LogP contribution in [0.25, 0.3) is 0 Å². The van der Waals surface area contributed by atoms with Crippen molar-refractivity contribution in [1.82, 2.24) is 0 Å². The predicted octanol–water partition coefficient (Wildman–Crippen LogP) is 2.67. The van der Waals surface area contributed by atoms with E-state index in [4.69, 9.17) is 16.7 Å². The first kappa shape index (κ1) is 13.6. The van der Waals surface area contributed by atoms with Crippen molar-refractivity contribution in [3.63, 3.8) is 0 Å². The summed E-state index contributed by atoms with van der Waals surface area (Å²) in [7, 11) is 0. The zero-order valence-corrected chi connectivity index (χ0v) is 10.6. The van der Waals surface area contributed by atoms with Crippen LogP contribution in [0.4, 0.5) is 0 Å². The molecule has 0 fully saturated rings. The maximum absolute atomic E-state index is 10.8. The van der Waals surface area contributed by atoms with Crippen molar-refractivity contribution in [2.24, 2.45) is 0 Å². The van der Waals surface area contributed by atoms with Crippen molar-refractivity contribution in [3.05, 3.63) is 34.3 Å². The van der Waals surface area contributed by atoms with Crippen molar-refractivity contribution in [2.45, 2.75) is 6.92 Å². The quantitative estimate of drug-likeness (QED) is 0.838. The van der Waals surface area contributed by atoms with E-state index in [1.807, 2.05) is 0 Å². The molecule has 0 aliphatic carbocycles. The fraction of sp³-hybridized carbons (Fsp3) is 0.167. The molecule has 0 spiro atoms. The van der Waals surface area contributed by atoms with Crippen LogP contribution >= 0.6 is 23.4 Å². The lowest BCUT2D eigenvalue weighted by molar-refractivity contribution is -0.109. The summed E-state index contributed by atoms with van der Waals surface area (Å²) in [6.07, 6.45) is 0. The fourth-order valence-corrected chi connectivity index (χ4v) is 1.59. The average Bonchev–Trinajstić information content (AvgIpc) is 2.25. The second-order valence-corrected chi connectivity index (χ2v) is 4.64. The van der Waals surface area contributed by atoms with E-state index in [-0.39, 0.29) is 15.7 Å². The number of thioether (sulfide) groups is 1. The molecule has 0 amide bonds. The second kappa shape index (κ2) is 6.33. The smallest absolute Gasteiger partial charge is 0.337 e. The van der Waals surface area contributed by atoms with Crippen LogP contribution in [-0.2, 0) is 4.79 Å². The molecule has 1 aromatic rings. The highest BCUT2D eigenvalue weighted by molar-refractivity contribution is 8.13. The van der Waals surface area contributed by atoms with Crippen LogP contribution in [0.3, 0.4) is 0 Å². The van der Waals surface area contributed by atoms with Gasteiger partial charge in [0.2, 0.25) is 0 Å². The molecule has 88 valence electrons. The van der Waals surface area contributed by atoms with Crippen molar-refractivity contribution in [2.75, 3.05) is 5.75 Å². The summed E-state index contributed by atoms with van der Waals surface area (Å²) in [6.45, 7) is 1.47. The lowest BCUT2D eigenvalue weighted by atomic mass is 10.1. The molecule has 1 N–H and O–H groups in total. The molecule has 17 heavy (non-hydrogen) atoms. The highest BCUT2D eigenvalue weighted by atomic mass is 35.5. The number of hydrogen-bond donors (Lipinski definition) is 1. The van der Waals surface area contributed by atoms with Gasteiger partial charge in [0.1, 0.15) is 0 Å². The molecular weight excluding hydrogens is 260 g/mol. The van der Waals surface area contributed by atoms with Crippen LogP contribution in [0, 0.1) is 11.8 Å². The fourth-order valence-electron chi connectivity index (χ4n) is 1.04. The predicted molar refractivity (Wildman–Crippen MR) is 68.4 cm³/mol. The monoisotopic (exact) mass is 268 g/mol. The van der Waals surface area contributed by atoms with Crippen LogP contribution in [0.2, 0.25) is 5.02 Å². The van der Waals surface area contributed by atoms with E-state index in [1.54, 1.807) is 6.07 Å². The number of hydrogen-bond acceptors (Lipinski definition) is 3. The molecule has 5 heteroatoms. The van der Waals surface area contributed by atoms with E-state index in [9.17, 15) is 9.59 Å². The third-order valence-corrected chi connectivity index (χ3v) is 2.80. The molecule has 3 nitrogen and oxygen atoms in total. The van der Waals surface area contributed by atoms with Crippen molar-refractivity contribution in [1.29, 1.82) is 0 Å². The molecule has 0 heterocycles. The molecule has 0 aromatic heterocycles. The molecule has 0 atom stereocenters. The molecule has 1 rings (SSSR count). The molecule has 0 unspecified atom stereocenters. The van der Waals surface area contributed by atoms with Gasteiger partial charge in [0.25, 0.3) is 0 Å². The van der Waals surface area contributed by atoms with Gasteiger partial charge in [-0.3, -0.25) is 4.79 Å². The van der Waals surface area contributed by atoms with Crippen LogP contribution in [0.5, 0.6) is 0 Å². The van der Waals surface area contributed by atoms with Gasteiger partial charge in [-0.15, -0.1) is 0 Å². The van der Waals surface area contributed by atoms with Gasteiger partial charge in [0.05, 0.1) is 16.3 Å². The summed E-state index contributed by atoms with van der Waals surface area (Å²) in [6, 6.07) is 4.55. The zero-order chi connectivity index (χ0) is 12.8. The summed E-state index contributed by atoms with van der Waals surface area (Å²) in [5.41, 5.74) is 0.591. The van der Waals surface area contributed by atoms with Gasteiger partial charge in [0.15, 0.2) is 5.12 Å². The van der Waals surface area contributed by atoms with Gasteiger partial charge in [-0.05, 0) is 18.2 Å². The third-order valence-electron chi connectivity index (χ3n) is 1.78. The topological polar surface area (TPSA) is 54.4 Å². The summed E-state index contributed by atoms with van der Waals surface area (Å²) in [5, 5.41) is 9.04. The summed E-state index contributed by atoms with van der Waals surface area (Å²) < 4.78 is 0. The Bertz CT molecular complexity index is 514. The Morgan fingerprint density at radius 1 is 1.47 bits per heavy atom. The van der Waals surface area contributed by atoms with Crippen LogP contribution < -0.4 is 0 Å². The number of carbonyl (C=O) groups is 2. The highest BCUT2D eigenvalue weighted by Crippen LogP contribution is 2.17. The molecule has 0 aliphatic rings. The molecule has 0 radical (unpaired) electrons. The minimum Gasteiger partial charge on any atom is -0.478 e. The third kappa shape index (κ3) is 4.51. The molecule has 1 aromatic carbocycles. The lowest BCUT2D eigenvalue weighted by Gasteiger charge is -1.98. The number of halogens is 1. The van der Waals surface area contributed by atoms with Crippen LogP contribution in [-0.4, -0.2) is 21.9 Å². The van der Waals surface area contributed by atoms with Gasteiger partial charge < -0.3 is 5.11 Å². The molecular formula is C12H9ClO3S. The van der Waals surface area contributed by atoms with E-state index < -0.39 is 5.97 Å². The van der Waals surface area contributed by atoms with Crippen molar-refractivity contribution in [3.8, 4) is 11.8 Å². The minimum absolute atomic E-state index is 0.00151. The van der Waals surface area contributed by atoms with Gasteiger partial charge in [-0.25, -0.2) is 4.79 Å². The normalized spacial score (nSPS) is 9.29. The first-order valence-corrected chi connectivity index (χ1v) is 6.02. The van der Waals surface area contributed by atoms with Gasteiger partial charge in [0, 0.05) is 12.5 Å². The molecule has 0 saturated carbocycles. The Labute approximate surface area is 108 Å². The SMILES string of the molecule is CC(=O)SCC#Cc1ccc(Cl)c(C(=O)O)c1. The van der Waals surface area contributed by atoms with E-state index in [1.165, 1.54) is 19.1 Å². The van der Waals surface area contributed by atoms with Gasteiger partial charge in [-0.2, -0.15) is 0 Å². The zero-order valence-electron chi connectivity index (χ0n) is 8.99. The molecule has 0 saturated heterocycles. The second-order valence-electron chi connectivity index (χ2n) is 3.08. The summed E-state index contributed by atoms with van der Waals surface area (Å²) >= 11 is 6.83. The Morgan fingerprint density at radius 3 is 2.76 bits per heavy atom. The first-order chi connectivity index (χ1) is 8.00. The van der Waals surface area contributed by atoms with Crippen molar-refractivity contribution >= 4 is 34.4 Å². The van der Waals surface area contributed by atoms with Crippen LogP contribution in [0.1, 0.15) is 22.8 Å². The number of rotatable bonds is 2. The largest absolute Gasteiger partial charge is 0.478 e. The highest BCUT2D eigenvalue weighted by Gasteiger charge is 2.08. The Balaban J connectivity index is 2.82. The maximum Gasteiger partial charge on any atom is 0.337 e. The molecule has 0 aliphatic heterocycles. The van der Waals surface area contributed by atoms with Crippen molar-refractivity contribution < 1.29 is 14.7 Å². The maximum atomic E-state index is 10.8. The number of carbonyl (C=O) groups excluding carboxylic acids is 1. The Kier molecular flexibility index (Phi) is 5.08. The van der Waals surface area contributed by atoms with E-state index >= 15 is 0 Å². The Morgan fingerprint density at radius 2 is 2.18 bits per heavy atom. The molecule has 0 bridgehead atoms. The van der Waals surface area contributed by atoms with Gasteiger partial charge >= 0.3 is 5.97 Å². The number of aromatic carboxylic acids is 1. The number of carboxylic acids is 1. The Hall–Kier alpha value is -1.44. The van der Waals surface area contributed by atoms with E-state index in [2.05, 4.69) is 11.8 Å². The summed E-state index contributed by atoms with van der Waals surface area (Å²) in [5.74, 6) is 4.86. The minimum atomic E-state index is -1.09. The van der Waals surface area contributed by atoms with E-state index in [0.29, 0.717) is 11.3 Å². The van der Waals surface area contributed by atoms with Crippen LogP contribution in [0.15, 0.2) is 18.2 Å². The number of benzene rings is 1. The lowest BCUT2D eigenvalue weighted by Crippen LogP contribution is -1.97. The first-order valence-electron chi connectivity index (χ1n) is 4.66. The number of carboxylic acid groups (broad SMARTS) is 1.